The van der Waals surface area contributed by atoms with Crippen LogP contribution in [0.25, 0.3) is 11.3 Å². The van der Waals surface area contributed by atoms with Gasteiger partial charge in [-0.2, -0.15) is 63.7 Å². The van der Waals surface area contributed by atoms with Crippen LogP contribution in [0.15, 0.2) is 54.6 Å². The van der Waals surface area contributed by atoms with Crippen LogP contribution in [0.2, 0.25) is 0 Å². The predicted molar refractivity (Wildman–Crippen MR) is 287 cm³/mol. The van der Waals surface area contributed by atoms with Gasteiger partial charge in [-0.05, 0) is 66.2 Å². The number of carbonyl (C=O) groups is 2. The van der Waals surface area contributed by atoms with Crippen molar-refractivity contribution in [2.45, 2.75) is 56.4 Å². The minimum Gasteiger partial charge on any atom is -0.394 e. The number of hydrogen-bond acceptors (Lipinski definition) is 5. The first-order valence-electron chi connectivity index (χ1n) is 17.5. The molecule has 1 aromatic heterocycles. The second-order valence-electron chi connectivity index (χ2n) is 11.8. The third-order valence-electron chi connectivity index (χ3n) is 6.52. The van der Waals surface area contributed by atoms with Gasteiger partial charge in [-0.25, -0.2) is 42.8 Å². The first kappa shape index (κ1) is 76.6. The van der Waals surface area contributed by atoms with Crippen molar-refractivity contribution in [1.29, 1.82) is 0 Å². The van der Waals surface area contributed by atoms with Crippen molar-refractivity contribution in [2.24, 2.45) is 5.73 Å². The molecular weight excluding hydrogens is 1400 g/mol. The number of aromatic nitrogens is 1. The Hall–Kier alpha value is -2.68. The van der Waals surface area contributed by atoms with Gasteiger partial charge < -0.3 is 20.3 Å². The van der Waals surface area contributed by atoms with Gasteiger partial charge >= 0.3 is 63.2 Å². The number of benzene rings is 3. The molecule has 65 heavy (non-hydrogen) atoms. The number of nitrogens with two attached hydrogens (primary N) is 1. The number of thiazole rings is 1. The Morgan fingerprint density at radius 3 is 1.52 bits per heavy atom. The molecule has 0 saturated carbocycles. The van der Waals surface area contributed by atoms with Gasteiger partial charge in [0.2, 0.25) is 0 Å². The SMILES string of the molecule is C.C.C#CC#CC#CC#CC#CC.CC(N)=S.Cc1c[c-]c(-c2[c-]sc(C)n2)cc1.Cc1c[c-]c(C(=O)[CH-]Br)cc1.[B][B]B([B])B(B([B])[B])B([B])[B].[CH2-]C(=O)c1[c-]cc(C)cc1.[W+2].[W+2].[W+2]. The third kappa shape index (κ3) is 41.3. The summed E-state index contributed by atoms with van der Waals surface area (Å²) in [6.45, 7) is 14.6. The number of terminal acetylenes is 1. The van der Waals surface area contributed by atoms with Crippen LogP contribution in [0.5, 0.6) is 0 Å². The number of carbonyl (C=O) groups excluding carboxylic acids is 2. The Morgan fingerprint density at radius 1 is 0.815 bits per heavy atom. The van der Waals surface area contributed by atoms with Crippen LogP contribution in [0, 0.1) is 123 Å². The second kappa shape index (κ2) is 47.8. The number of aryl methyl sites for hydroxylation is 4. The molecule has 0 saturated heterocycles. The summed E-state index contributed by atoms with van der Waals surface area (Å²) in [5.74, 6) is 21.7. The summed E-state index contributed by atoms with van der Waals surface area (Å²) in [5, 5.41) is 5.54. The molecule has 0 fully saturated rings. The minimum absolute atomic E-state index is 0. The second-order valence-corrected chi connectivity index (χ2v) is 13.9. The van der Waals surface area contributed by atoms with Gasteiger partial charge in [0.15, 0.2) is 0 Å². The molecule has 0 aliphatic heterocycles. The molecule has 0 spiro atoms. The number of rotatable bonds is 8. The normalized spacial score (nSPS) is 7.48. The maximum atomic E-state index is 11.0. The van der Waals surface area contributed by atoms with E-state index in [0.717, 1.165) is 27.4 Å². The van der Waals surface area contributed by atoms with Gasteiger partial charge in [0.25, 0.3) is 0 Å². The summed E-state index contributed by atoms with van der Waals surface area (Å²) in [6, 6.07) is 25.8. The van der Waals surface area contributed by atoms with Gasteiger partial charge in [-0.15, -0.1) is 34.2 Å². The Kier molecular flexibility index (Phi) is 56.3. The van der Waals surface area contributed by atoms with E-state index in [9.17, 15) is 9.59 Å². The molecule has 0 aliphatic rings. The molecule has 3 aromatic carbocycles. The zero-order chi connectivity index (χ0) is 46.0. The Bertz CT molecular complexity index is 2210. The van der Waals surface area contributed by atoms with E-state index < -0.39 is 19.2 Å². The Balaban J connectivity index is -0.000000125. The average Bonchev–Trinajstić information content (AvgIpc) is 3.64. The predicted octanol–water partition coefficient (Wildman–Crippen LogP) is 5.40. The van der Waals surface area contributed by atoms with Crippen LogP contribution >= 0.6 is 39.5 Å². The van der Waals surface area contributed by atoms with Crippen LogP contribution in [-0.2, 0) is 63.2 Å². The molecule has 0 aliphatic carbocycles. The number of halogens is 1. The smallest absolute Gasteiger partial charge is 0.394 e. The fraction of sp³-hybridized carbons (Fsp3) is 0.182. The summed E-state index contributed by atoms with van der Waals surface area (Å²) in [5.41, 5.74) is 11.3. The zero-order valence-electron chi connectivity index (χ0n) is 35.7. The fourth-order valence-electron chi connectivity index (χ4n) is 3.63. The fourth-order valence-corrected chi connectivity index (χ4v) is 4.42. The summed E-state index contributed by atoms with van der Waals surface area (Å²) < 4.78 is 0. The van der Waals surface area contributed by atoms with Gasteiger partial charge in [0.1, 0.15) is 0 Å². The molecule has 0 amide bonds. The van der Waals surface area contributed by atoms with Crippen molar-refractivity contribution in [3.05, 3.63) is 123 Å². The number of nitrogens with zero attached hydrogens (tertiary/aromatic N) is 1. The molecule has 1 heterocycles. The molecule has 21 heteroatoms. The summed E-state index contributed by atoms with van der Waals surface area (Å²) in [4.78, 5) is 26.4. The average molecular weight is 1440 g/mol. The van der Waals surface area contributed by atoms with Crippen LogP contribution in [0.4, 0.5) is 0 Å². The van der Waals surface area contributed by atoms with E-state index in [4.69, 9.17) is 58.6 Å². The molecule has 4 aromatic rings. The van der Waals surface area contributed by atoms with Crippen molar-refractivity contribution >= 4 is 135 Å². The van der Waals surface area contributed by atoms with Gasteiger partial charge in [0.05, 0.1) is 4.99 Å². The molecule has 0 bridgehead atoms. The first-order valence-corrected chi connectivity index (χ1v) is 19.6. The molecular formula is C44H41B11BrN2O2S2W3. The number of ketones is 2. The van der Waals surface area contributed by atoms with E-state index in [0.29, 0.717) is 16.1 Å². The molecule has 0 atom stereocenters. The Labute approximate surface area is 464 Å². The van der Waals surface area contributed by atoms with Crippen molar-refractivity contribution < 1.29 is 72.8 Å². The maximum absolute atomic E-state index is 11.0. The molecule has 309 valence electrons. The monoisotopic (exact) mass is 1450 g/mol. The standard InChI is InChI=1S/C11H9NS.C11H4.C9H7BrO.C9H8O.C2H5NS.2CH4.B11.3W/c1-8-3-5-10(6-4-8)11-7-13-9(2)12-11;1-3-5-7-9-11-10-8-6-4-2;1-7-2-4-8(5-3-7)9(11)6-10;1-7-3-5-9(6-4-7)8(2)10;1-2(3)4;;;1-7-10(6)11(8(2)3)9(4)5;;;/h3-5H,1-2H3;1H,2H3;2-4,6H,1H3;3-5H,2H2,1H3;1H3,(H2,3,4);2*1H4;;;;/q-2;;2*-2;;;;;3*+2. The van der Waals surface area contributed by atoms with Gasteiger partial charge in [-0.3, -0.25) is 22.5 Å². The van der Waals surface area contributed by atoms with Crippen LogP contribution in [0.1, 0.15) is 71.1 Å². The quantitative estimate of drug-likeness (QED) is 0.0844. The molecule has 4 rings (SSSR count). The number of Topliss-reactive ketones (excluding diaryl/α,β-unsaturated/α-hetero) is 2. The minimum atomic E-state index is -0.648. The molecule has 0 unspecified atom stereocenters. The van der Waals surface area contributed by atoms with E-state index in [2.05, 4.69) is 130 Å². The van der Waals surface area contributed by atoms with Crippen molar-refractivity contribution in [3.63, 3.8) is 0 Å². The zero-order valence-corrected chi connectivity index (χ0v) is 47.7. The number of hydrogen-bond donors (Lipinski definition) is 1. The number of thiocarbonyl (C=S) groups is 1. The van der Waals surface area contributed by atoms with Gasteiger partial charge in [-0.1, -0.05) is 72.3 Å². The maximum Gasteiger partial charge on any atom is 2.00 e. The molecule has 2 N–H and O–H groups in total. The van der Waals surface area contributed by atoms with Crippen LogP contribution in [-0.4, -0.2) is 101 Å². The van der Waals surface area contributed by atoms with Crippen molar-refractivity contribution in [2.75, 3.05) is 0 Å². The van der Waals surface area contributed by atoms with Crippen LogP contribution < -0.4 is 5.73 Å². The summed E-state index contributed by atoms with van der Waals surface area (Å²) in [6.07, 6.45) is 2.69. The van der Waals surface area contributed by atoms with Crippen molar-refractivity contribution in [1.82, 2.24) is 4.98 Å². The largest absolute Gasteiger partial charge is 2.00 e. The van der Waals surface area contributed by atoms with E-state index in [1.807, 2.05) is 45.0 Å². The molecule has 4 nitrogen and oxygen atoms in total. The van der Waals surface area contributed by atoms with Crippen molar-refractivity contribution in [3.8, 4) is 71.0 Å². The third-order valence-corrected chi connectivity index (χ3v) is 7.62. The van der Waals surface area contributed by atoms with Gasteiger partial charge in [0, 0.05) is 79.0 Å². The first-order chi connectivity index (χ1) is 28.3. The van der Waals surface area contributed by atoms with E-state index in [1.165, 1.54) is 18.0 Å². The summed E-state index contributed by atoms with van der Waals surface area (Å²) in [7, 11) is 33.5. The van der Waals surface area contributed by atoms with Crippen LogP contribution in [0.3, 0.4) is 0 Å². The van der Waals surface area contributed by atoms with E-state index in [-0.39, 0.29) is 96.0 Å². The topological polar surface area (TPSA) is 73.0 Å². The molecule has 13 radical (unpaired) electrons. The summed E-state index contributed by atoms with van der Waals surface area (Å²) >= 11 is 8.84. The van der Waals surface area contributed by atoms with E-state index >= 15 is 0 Å². The Morgan fingerprint density at radius 2 is 1.23 bits per heavy atom. The van der Waals surface area contributed by atoms with E-state index in [1.54, 1.807) is 49.4 Å².